The molecule has 2 aromatic rings. The molecule has 27 heavy (non-hydrogen) atoms. The molecule has 0 aliphatic heterocycles. The van der Waals surface area contributed by atoms with E-state index in [0.717, 1.165) is 22.2 Å². The highest BCUT2D eigenvalue weighted by Crippen LogP contribution is 2.24. The Hall–Kier alpha value is -2.61. The number of halogens is 1. The summed E-state index contributed by atoms with van der Waals surface area (Å²) in [5.74, 6) is -0.589. The van der Waals surface area contributed by atoms with Crippen molar-refractivity contribution < 1.29 is 22.3 Å². The van der Waals surface area contributed by atoms with Crippen molar-refractivity contribution in [2.24, 2.45) is 0 Å². The van der Waals surface area contributed by atoms with E-state index in [1.807, 2.05) is 31.2 Å². The summed E-state index contributed by atoms with van der Waals surface area (Å²) in [6.07, 6.45) is 0.934. The van der Waals surface area contributed by atoms with Crippen molar-refractivity contribution in [1.29, 1.82) is 0 Å². The van der Waals surface area contributed by atoms with Gasteiger partial charge < -0.3 is 10.1 Å². The van der Waals surface area contributed by atoms with E-state index in [4.69, 9.17) is 4.74 Å². The molecular formula is C19H23FN2O4S. The Morgan fingerprint density at radius 1 is 1.19 bits per heavy atom. The number of aryl methyl sites for hydroxylation is 1. The molecule has 0 fully saturated rings. The minimum atomic E-state index is -3.86. The molecule has 0 aromatic heterocycles. The van der Waals surface area contributed by atoms with Crippen LogP contribution < -0.4 is 14.4 Å². The zero-order chi connectivity index (χ0) is 20.0. The fourth-order valence-corrected chi connectivity index (χ4v) is 3.71. The number of nitrogens with one attached hydrogen (secondary N) is 1. The van der Waals surface area contributed by atoms with Crippen LogP contribution in [0.2, 0.25) is 0 Å². The molecule has 0 heterocycles. The first-order valence-corrected chi connectivity index (χ1v) is 10.3. The van der Waals surface area contributed by atoms with Crippen LogP contribution in [-0.4, -0.2) is 39.8 Å². The molecule has 0 aliphatic rings. The minimum Gasteiger partial charge on any atom is -0.492 e. The van der Waals surface area contributed by atoms with Crippen LogP contribution in [0.15, 0.2) is 48.5 Å². The molecular weight excluding hydrogens is 371 g/mol. The monoisotopic (exact) mass is 394 g/mol. The van der Waals surface area contributed by atoms with E-state index in [-0.39, 0.29) is 18.8 Å². The number of hydrogen-bond donors (Lipinski definition) is 1. The van der Waals surface area contributed by atoms with Gasteiger partial charge in [0.25, 0.3) is 0 Å². The lowest BCUT2D eigenvalue weighted by molar-refractivity contribution is -0.121. The smallest absolute Gasteiger partial charge is 0.243 e. The minimum absolute atomic E-state index is 0.168. The van der Waals surface area contributed by atoms with Gasteiger partial charge in [-0.3, -0.25) is 9.10 Å². The second kappa shape index (κ2) is 8.85. The Morgan fingerprint density at radius 2 is 1.81 bits per heavy atom. The Kier molecular flexibility index (Phi) is 6.79. The highest BCUT2D eigenvalue weighted by Gasteiger charge is 2.30. The second-order valence-corrected chi connectivity index (χ2v) is 8.00. The third-order valence-corrected chi connectivity index (χ3v) is 5.10. The maximum absolute atomic E-state index is 14.1. The van der Waals surface area contributed by atoms with E-state index in [2.05, 4.69) is 5.32 Å². The van der Waals surface area contributed by atoms with Crippen molar-refractivity contribution in [3.05, 3.63) is 59.9 Å². The average Bonchev–Trinajstić information content (AvgIpc) is 2.60. The van der Waals surface area contributed by atoms with Crippen LogP contribution in [0, 0.1) is 12.7 Å². The molecule has 0 spiro atoms. The Labute approximate surface area is 159 Å². The topological polar surface area (TPSA) is 75.7 Å². The number of amides is 1. The Morgan fingerprint density at radius 3 is 2.41 bits per heavy atom. The van der Waals surface area contributed by atoms with Gasteiger partial charge in [-0.15, -0.1) is 0 Å². The molecule has 1 amide bonds. The number of para-hydroxylation sites is 1. The summed E-state index contributed by atoms with van der Waals surface area (Å²) in [5.41, 5.74) is 0.942. The SMILES string of the molecule is Cc1ccc(OCCNC(=O)[C@H](C)N(c2ccccc2F)S(C)(=O)=O)cc1. The number of anilines is 1. The molecule has 0 saturated heterocycles. The van der Waals surface area contributed by atoms with Crippen molar-refractivity contribution in [3.63, 3.8) is 0 Å². The third-order valence-electron chi connectivity index (χ3n) is 3.87. The molecule has 1 atom stereocenters. The van der Waals surface area contributed by atoms with E-state index >= 15 is 0 Å². The van der Waals surface area contributed by atoms with E-state index < -0.39 is 27.8 Å². The van der Waals surface area contributed by atoms with Crippen LogP contribution in [-0.2, 0) is 14.8 Å². The van der Waals surface area contributed by atoms with E-state index in [1.165, 1.54) is 25.1 Å². The molecule has 0 unspecified atom stereocenters. The summed E-state index contributed by atoms with van der Waals surface area (Å²) in [4.78, 5) is 12.4. The van der Waals surface area contributed by atoms with Crippen LogP contribution >= 0.6 is 0 Å². The number of carbonyl (C=O) groups excluding carboxylic acids is 1. The van der Waals surface area contributed by atoms with Crippen molar-refractivity contribution in [1.82, 2.24) is 5.32 Å². The summed E-state index contributed by atoms with van der Waals surface area (Å²) in [5, 5.41) is 2.61. The van der Waals surface area contributed by atoms with Gasteiger partial charge in [0, 0.05) is 0 Å². The second-order valence-electron chi connectivity index (χ2n) is 6.14. The van der Waals surface area contributed by atoms with Gasteiger partial charge in [0.05, 0.1) is 18.5 Å². The predicted molar refractivity (Wildman–Crippen MR) is 103 cm³/mol. The van der Waals surface area contributed by atoms with Gasteiger partial charge in [0.2, 0.25) is 15.9 Å². The fraction of sp³-hybridized carbons (Fsp3) is 0.316. The summed E-state index contributed by atoms with van der Waals surface area (Å²) in [7, 11) is -3.86. The first-order valence-electron chi connectivity index (χ1n) is 8.41. The quantitative estimate of drug-likeness (QED) is 0.698. The largest absolute Gasteiger partial charge is 0.492 e. The lowest BCUT2D eigenvalue weighted by atomic mass is 10.2. The van der Waals surface area contributed by atoms with Crippen molar-refractivity contribution in [2.45, 2.75) is 19.9 Å². The van der Waals surface area contributed by atoms with Gasteiger partial charge in [0.15, 0.2) is 0 Å². The molecule has 2 rings (SSSR count). The molecule has 0 saturated carbocycles. The van der Waals surface area contributed by atoms with Gasteiger partial charge in [-0.25, -0.2) is 12.8 Å². The van der Waals surface area contributed by atoms with E-state index in [1.54, 1.807) is 0 Å². The van der Waals surface area contributed by atoms with Gasteiger partial charge in [-0.05, 0) is 38.1 Å². The number of nitrogens with zero attached hydrogens (tertiary/aromatic N) is 1. The maximum Gasteiger partial charge on any atom is 0.243 e. The summed E-state index contributed by atoms with van der Waals surface area (Å²) >= 11 is 0. The van der Waals surface area contributed by atoms with Crippen molar-refractivity contribution in [3.8, 4) is 5.75 Å². The predicted octanol–water partition coefficient (Wildman–Crippen LogP) is 2.48. The summed E-state index contributed by atoms with van der Waals surface area (Å²) < 4.78 is 44.6. The fourth-order valence-electron chi connectivity index (χ4n) is 2.54. The van der Waals surface area contributed by atoms with Crippen molar-refractivity contribution >= 4 is 21.6 Å². The first-order chi connectivity index (χ1) is 12.7. The number of carbonyl (C=O) groups is 1. The molecule has 0 bridgehead atoms. The first kappa shape index (κ1) is 20.7. The highest BCUT2D eigenvalue weighted by atomic mass is 32.2. The van der Waals surface area contributed by atoms with E-state index in [0.29, 0.717) is 5.75 Å². The molecule has 1 N–H and O–H groups in total. The molecule has 0 radical (unpaired) electrons. The third kappa shape index (κ3) is 5.68. The zero-order valence-corrected chi connectivity index (χ0v) is 16.3. The number of hydrogen-bond acceptors (Lipinski definition) is 4. The van der Waals surface area contributed by atoms with Crippen LogP contribution in [0.1, 0.15) is 12.5 Å². The van der Waals surface area contributed by atoms with Gasteiger partial charge in [-0.2, -0.15) is 0 Å². The van der Waals surface area contributed by atoms with Gasteiger partial charge in [-0.1, -0.05) is 29.8 Å². The molecule has 146 valence electrons. The van der Waals surface area contributed by atoms with Crippen LogP contribution in [0.4, 0.5) is 10.1 Å². The number of sulfonamides is 1. The Balaban J connectivity index is 1.99. The number of benzene rings is 2. The van der Waals surface area contributed by atoms with Gasteiger partial charge >= 0.3 is 0 Å². The number of ether oxygens (including phenoxy) is 1. The van der Waals surface area contributed by atoms with Crippen LogP contribution in [0.5, 0.6) is 5.75 Å². The van der Waals surface area contributed by atoms with Gasteiger partial charge in [0.1, 0.15) is 24.2 Å². The number of rotatable bonds is 8. The molecule has 6 nitrogen and oxygen atoms in total. The zero-order valence-electron chi connectivity index (χ0n) is 15.5. The average molecular weight is 394 g/mol. The standard InChI is InChI=1S/C19H23FN2O4S/c1-14-8-10-16(11-9-14)26-13-12-21-19(23)15(2)22(27(3,24)25)18-7-5-4-6-17(18)20/h4-11,15H,12-13H2,1-3H3,(H,21,23)/t15-/m0/s1. The highest BCUT2D eigenvalue weighted by molar-refractivity contribution is 7.92. The molecule has 0 aliphatic carbocycles. The van der Waals surface area contributed by atoms with Crippen LogP contribution in [0.25, 0.3) is 0 Å². The molecule has 8 heteroatoms. The molecule has 2 aromatic carbocycles. The van der Waals surface area contributed by atoms with E-state index in [9.17, 15) is 17.6 Å². The summed E-state index contributed by atoms with van der Waals surface area (Å²) in [6, 6.07) is 11.8. The van der Waals surface area contributed by atoms with Crippen molar-refractivity contribution in [2.75, 3.05) is 23.7 Å². The van der Waals surface area contributed by atoms with Crippen LogP contribution in [0.3, 0.4) is 0 Å². The lowest BCUT2D eigenvalue weighted by Crippen LogP contribution is -2.48. The lowest BCUT2D eigenvalue weighted by Gasteiger charge is -2.28. The maximum atomic E-state index is 14.1. The Bertz CT molecular complexity index is 885. The summed E-state index contributed by atoms with van der Waals surface area (Å²) in [6.45, 7) is 3.78. The normalized spacial score (nSPS) is 12.3.